The maximum Gasteiger partial charge on any atom is 0.292 e. The molecule has 18 heavy (non-hydrogen) atoms. The van der Waals surface area contributed by atoms with E-state index in [4.69, 9.17) is 0 Å². The summed E-state index contributed by atoms with van der Waals surface area (Å²) in [6.45, 7) is 2.59. The Labute approximate surface area is 105 Å². The Hall–Kier alpha value is -1.66. The Bertz CT molecular complexity index is 461. The summed E-state index contributed by atoms with van der Waals surface area (Å²) in [5.41, 5.74) is 0.994. The van der Waals surface area contributed by atoms with Gasteiger partial charge in [-0.05, 0) is 25.0 Å². The van der Waals surface area contributed by atoms with Gasteiger partial charge in [0.15, 0.2) is 0 Å². The van der Waals surface area contributed by atoms with Crippen molar-refractivity contribution in [3.63, 3.8) is 0 Å². The highest BCUT2D eigenvalue weighted by molar-refractivity contribution is 5.65. The van der Waals surface area contributed by atoms with Crippen molar-refractivity contribution in [1.82, 2.24) is 0 Å². The highest BCUT2D eigenvalue weighted by atomic mass is 16.6. The van der Waals surface area contributed by atoms with Crippen LogP contribution in [0.2, 0.25) is 0 Å². The molecule has 1 aromatic carbocycles. The molecule has 0 spiro atoms. The number of anilines is 1. The summed E-state index contributed by atoms with van der Waals surface area (Å²) in [5, 5.41) is 30.0. The lowest BCUT2D eigenvalue weighted by molar-refractivity contribution is -0.384. The average molecular weight is 252 g/mol. The smallest absolute Gasteiger partial charge is 0.292 e. The van der Waals surface area contributed by atoms with Crippen molar-refractivity contribution < 1.29 is 15.1 Å². The van der Waals surface area contributed by atoms with Crippen LogP contribution in [0.25, 0.3) is 0 Å². The van der Waals surface area contributed by atoms with E-state index in [1.54, 1.807) is 24.0 Å². The molecular formula is C12H16N2O4. The van der Waals surface area contributed by atoms with Crippen LogP contribution >= 0.6 is 0 Å². The largest absolute Gasteiger partial charge is 0.391 e. The van der Waals surface area contributed by atoms with Crippen molar-refractivity contribution in [2.45, 2.75) is 25.6 Å². The molecule has 1 unspecified atom stereocenters. The molecule has 6 nitrogen and oxygen atoms in total. The number of benzene rings is 1. The molecule has 98 valence electrons. The monoisotopic (exact) mass is 252 g/mol. The van der Waals surface area contributed by atoms with E-state index in [1.807, 2.05) is 0 Å². The van der Waals surface area contributed by atoms with Crippen LogP contribution in [0.4, 0.5) is 11.4 Å². The topological polar surface area (TPSA) is 86.8 Å². The van der Waals surface area contributed by atoms with Crippen molar-refractivity contribution >= 4 is 11.4 Å². The lowest BCUT2D eigenvalue weighted by atomic mass is 10.1. The van der Waals surface area contributed by atoms with E-state index < -0.39 is 17.1 Å². The molecule has 6 heteroatoms. The molecule has 0 aromatic heterocycles. The average Bonchev–Trinajstić information content (AvgIpc) is 2.74. The number of aliphatic hydroxyl groups excluding tert-OH is 2. The molecule has 2 N–H and O–H groups in total. The third-order valence-corrected chi connectivity index (χ3v) is 3.18. The quantitative estimate of drug-likeness (QED) is 0.624. The van der Waals surface area contributed by atoms with Crippen LogP contribution in [0.3, 0.4) is 0 Å². The molecular weight excluding hydrogens is 236 g/mol. The summed E-state index contributed by atoms with van der Waals surface area (Å²) in [5.74, 6) is 0. The molecule has 1 aromatic rings. The van der Waals surface area contributed by atoms with Gasteiger partial charge in [0.1, 0.15) is 5.69 Å². The minimum Gasteiger partial charge on any atom is -0.391 e. The first-order valence-electron chi connectivity index (χ1n) is 5.88. The van der Waals surface area contributed by atoms with Gasteiger partial charge >= 0.3 is 0 Å². The van der Waals surface area contributed by atoms with Crippen LogP contribution < -0.4 is 4.90 Å². The molecule has 0 aliphatic carbocycles. The summed E-state index contributed by atoms with van der Waals surface area (Å²) in [6, 6.07) is 4.71. The third-order valence-electron chi connectivity index (χ3n) is 3.18. The van der Waals surface area contributed by atoms with E-state index in [0.29, 0.717) is 30.8 Å². The van der Waals surface area contributed by atoms with Gasteiger partial charge in [-0.1, -0.05) is 6.07 Å². The van der Waals surface area contributed by atoms with Gasteiger partial charge in [-0.25, -0.2) is 0 Å². The van der Waals surface area contributed by atoms with Crippen LogP contribution in [0.5, 0.6) is 0 Å². The number of β-amino-alcohol motifs (C(OH)–C–C–N with tert-alkyl or cyclic N) is 1. The summed E-state index contributed by atoms with van der Waals surface area (Å²) >= 11 is 0. The number of hydrogen-bond donors (Lipinski definition) is 2. The molecule has 1 aliphatic heterocycles. The fourth-order valence-corrected chi connectivity index (χ4v) is 2.17. The molecule has 1 saturated heterocycles. The first kappa shape index (κ1) is 12.8. The molecule has 0 radical (unpaired) electrons. The Balaban J connectivity index is 2.38. The predicted molar refractivity (Wildman–Crippen MR) is 66.6 cm³/mol. The minimum atomic E-state index is -0.734. The molecule has 0 saturated carbocycles. The molecule has 2 rings (SSSR count). The summed E-state index contributed by atoms with van der Waals surface area (Å²) in [7, 11) is 0. The lowest BCUT2D eigenvalue weighted by Crippen LogP contribution is -2.22. The molecule has 2 atom stereocenters. The van der Waals surface area contributed by atoms with Crippen LogP contribution in [-0.4, -0.2) is 34.3 Å². The van der Waals surface area contributed by atoms with Gasteiger partial charge in [0, 0.05) is 19.2 Å². The first-order chi connectivity index (χ1) is 8.49. The number of hydrogen-bond acceptors (Lipinski definition) is 5. The van der Waals surface area contributed by atoms with Crippen LogP contribution in [0.1, 0.15) is 25.0 Å². The summed E-state index contributed by atoms with van der Waals surface area (Å²) < 4.78 is 0. The highest BCUT2D eigenvalue weighted by Gasteiger charge is 2.26. The van der Waals surface area contributed by atoms with Gasteiger partial charge in [0.2, 0.25) is 0 Å². The Kier molecular flexibility index (Phi) is 3.49. The number of nitrogens with zero attached hydrogens (tertiary/aromatic N) is 2. The van der Waals surface area contributed by atoms with Gasteiger partial charge < -0.3 is 15.1 Å². The van der Waals surface area contributed by atoms with Crippen molar-refractivity contribution in [3.05, 3.63) is 33.9 Å². The summed E-state index contributed by atoms with van der Waals surface area (Å²) in [6.07, 6.45) is -0.544. The zero-order chi connectivity index (χ0) is 13.3. The standard InChI is InChI=1S/C12H16N2O4/c1-8(15)9-2-3-11(12(6-9)14(17)18)13-5-4-10(16)7-13/h2-3,6,8,10,15-16H,4-5,7H2,1H3/t8-,10?/m0/s1. The number of aliphatic hydroxyl groups is 2. The maximum absolute atomic E-state index is 11.1. The van der Waals surface area contributed by atoms with E-state index >= 15 is 0 Å². The SMILES string of the molecule is C[C@H](O)c1ccc(N2CCC(O)C2)c([N+](=O)[O-])c1. The van der Waals surface area contributed by atoms with E-state index in [9.17, 15) is 20.3 Å². The molecule has 0 bridgehead atoms. The van der Waals surface area contributed by atoms with Gasteiger partial charge in [-0.15, -0.1) is 0 Å². The fraction of sp³-hybridized carbons (Fsp3) is 0.500. The second kappa shape index (κ2) is 4.91. The van der Waals surface area contributed by atoms with Crippen LogP contribution in [0, 0.1) is 10.1 Å². The zero-order valence-corrected chi connectivity index (χ0v) is 10.1. The highest BCUT2D eigenvalue weighted by Crippen LogP contribution is 2.33. The van der Waals surface area contributed by atoms with Gasteiger partial charge in [0.25, 0.3) is 5.69 Å². The number of nitro benzene ring substituents is 1. The van der Waals surface area contributed by atoms with Gasteiger partial charge in [0.05, 0.1) is 17.1 Å². The maximum atomic E-state index is 11.1. The van der Waals surface area contributed by atoms with Crippen LogP contribution in [-0.2, 0) is 0 Å². The normalized spacial score (nSPS) is 21.1. The third kappa shape index (κ3) is 2.44. The number of nitro groups is 1. The predicted octanol–water partition coefficient (Wildman–Crippen LogP) is 1.22. The van der Waals surface area contributed by atoms with Crippen molar-refractivity contribution in [2.75, 3.05) is 18.0 Å². The van der Waals surface area contributed by atoms with E-state index in [0.717, 1.165) is 0 Å². The number of rotatable bonds is 3. The summed E-state index contributed by atoms with van der Waals surface area (Å²) in [4.78, 5) is 12.4. The second-order valence-corrected chi connectivity index (χ2v) is 4.57. The Morgan fingerprint density at radius 3 is 2.78 bits per heavy atom. The molecule has 0 amide bonds. The molecule has 1 aliphatic rings. The minimum absolute atomic E-state index is 0.0255. The molecule has 1 heterocycles. The van der Waals surface area contributed by atoms with Gasteiger partial charge in [-0.3, -0.25) is 10.1 Å². The fourth-order valence-electron chi connectivity index (χ4n) is 2.17. The Morgan fingerprint density at radius 2 is 2.28 bits per heavy atom. The Morgan fingerprint density at radius 1 is 1.56 bits per heavy atom. The zero-order valence-electron chi connectivity index (χ0n) is 10.1. The van der Waals surface area contributed by atoms with E-state index in [1.165, 1.54) is 6.07 Å². The lowest BCUT2D eigenvalue weighted by Gasteiger charge is -2.18. The van der Waals surface area contributed by atoms with Crippen LogP contribution in [0.15, 0.2) is 18.2 Å². The van der Waals surface area contributed by atoms with Crippen molar-refractivity contribution in [3.8, 4) is 0 Å². The molecule has 1 fully saturated rings. The second-order valence-electron chi connectivity index (χ2n) is 4.57. The van der Waals surface area contributed by atoms with E-state index in [2.05, 4.69) is 0 Å². The van der Waals surface area contributed by atoms with E-state index in [-0.39, 0.29) is 5.69 Å². The van der Waals surface area contributed by atoms with Gasteiger partial charge in [-0.2, -0.15) is 0 Å². The van der Waals surface area contributed by atoms with Crippen molar-refractivity contribution in [1.29, 1.82) is 0 Å². The van der Waals surface area contributed by atoms with Crippen molar-refractivity contribution in [2.24, 2.45) is 0 Å². The first-order valence-corrected chi connectivity index (χ1v) is 5.88.